The number of fused-ring (bicyclic) bond motifs is 1. The Balaban J connectivity index is 1.80. The first-order chi connectivity index (χ1) is 10.3. The summed E-state index contributed by atoms with van der Waals surface area (Å²) in [5, 5.41) is 13.2. The van der Waals surface area contributed by atoms with Crippen LogP contribution in [0.2, 0.25) is 0 Å². The van der Waals surface area contributed by atoms with Gasteiger partial charge in [0.05, 0.1) is 18.1 Å². The van der Waals surface area contributed by atoms with E-state index in [1.807, 2.05) is 6.33 Å². The van der Waals surface area contributed by atoms with Crippen molar-refractivity contribution in [2.75, 3.05) is 6.54 Å². The van der Waals surface area contributed by atoms with E-state index in [4.69, 9.17) is 0 Å². The minimum absolute atomic E-state index is 0.329. The molecule has 21 heavy (non-hydrogen) atoms. The topological polar surface area (TPSA) is 53.6 Å². The summed E-state index contributed by atoms with van der Waals surface area (Å²) in [4.78, 5) is 4.63. The van der Waals surface area contributed by atoms with Crippen LogP contribution in [0, 0.1) is 11.3 Å². The Hall–Kier alpha value is -1.34. The van der Waals surface area contributed by atoms with Gasteiger partial charge in [-0.1, -0.05) is 6.92 Å². The van der Waals surface area contributed by atoms with E-state index in [9.17, 15) is 5.26 Å². The van der Waals surface area contributed by atoms with Gasteiger partial charge in [0.25, 0.3) is 0 Å². The van der Waals surface area contributed by atoms with Gasteiger partial charge in [-0.3, -0.25) is 5.32 Å². The van der Waals surface area contributed by atoms with Crippen molar-refractivity contribution in [3.05, 3.63) is 17.7 Å². The van der Waals surface area contributed by atoms with Gasteiger partial charge < -0.3 is 4.57 Å². The minimum atomic E-state index is -0.329. The molecule has 114 valence electrons. The van der Waals surface area contributed by atoms with Crippen molar-refractivity contribution in [1.82, 2.24) is 14.9 Å². The summed E-state index contributed by atoms with van der Waals surface area (Å²) < 4.78 is 2.40. The molecule has 4 nitrogen and oxygen atoms in total. The molecular formula is C17H26N4. The van der Waals surface area contributed by atoms with Crippen molar-refractivity contribution in [3.8, 4) is 6.07 Å². The van der Waals surface area contributed by atoms with E-state index in [1.54, 1.807) is 0 Å². The Morgan fingerprint density at radius 1 is 1.43 bits per heavy atom. The van der Waals surface area contributed by atoms with Gasteiger partial charge in [-0.15, -0.1) is 0 Å². The average molecular weight is 286 g/mol. The van der Waals surface area contributed by atoms with Crippen molar-refractivity contribution >= 4 is 0 Å². The Labute approximate surface area is 127 Å². The van der Waals surface area contributed by atoms with Gasteiger partial charge >= 0.3 is 0 Å². The van der Waals surface area contributed by atoms with Gasteiger partial charge in [0.1, 0.15) is 5.54 Å². The second kappa shape index (κ2) is 6.19. The first-order valence-electron chi connectivity index (χ1n) is 8.49. The molecule has 1 heterocycles. The molecule has 0 amide bonds. The van der Waals surface area contributed by atoms with Crippen LogP contribution in [0.3, 0.4) is 0 Å². The number of aromatic nitrogens is 2. The lowest BCUT2D eigenvalue weighted by Crippen LogP contribution is -2.48. The molecule has 0 aromatic carbocycles. The number of aryl methyl sites for hydroxylation is 1. The van der Waals surface area contributed by atoms with Gasteiger partial charge in [0, 0.05) is 11.7 Å². The first kappa shape index (κ1) is 14.6. The Bertz CT molecular complexity index is 527. The summed E-state index contributed by atoms with van der Waals surface area (Å²) in [5.41, 5.74) is 2.41. The maximum Gasteiger partial charge on any atom is 0.108 e. The first-order valence-corrected chi connectivity index (χ1v) is 8.49. The standard InChI is InChI=1S/C17H26N4/c1-2-10-20-17(12-18)9-5-6-14(11-17)21-13-19-15-7-3-4-8-16(15)21/h13-14,20H,2-11H2,1H3. The second-order valence-corrected chi connectivity index (χ2v) is 6.62. The van der Waals surface area contributed by atoms with E-state index >= 15 is 0 Å². The number of imidazole rings is 1. The summed E-state index contributed by atoms with van der Waals surface area (Å²) in [5.74, 6) is 0. The van der Waals surface area contributed by atoms with Crippen molar-refractivity contribution in [2.45, 2.75) is 76.3 Å². The van der Waals surface area contributed by atoms with E-state index in [0.29, 0.717) is 6.04 Å². The fourth-order valence-electron chi connectivity index (χ4n) is 3.96. The van der Waals surface area contributed by atoms with Gasteiger partial charge in [-0.25, -0.2) is 4.98 Å². The third kappa shape index (κ3) is 2.85. The quantitative estimate of drug-likeness (QED) is 0.925. The highest BCUT2D eigenvalue weighted by molar-refractivity contribution is 5.19. The van der Waals surface area contributed by atoms with Crippen LogP contribution in [-0.4, -0.2) is 21.6 Å². The molecule has 1 fully saturated rings. The average Bonchev–Trinajstić information content (AvgIpc) is 2.97. The fourth-order valence-corrected chi connectivity index (χ4v) is 3.96. The molecule has 0 aliphatic heterocycles. The van der Waals surface area contributed by atoms with Crippen LogP contribution >= 0.6 is 0 Å². The summed E-state index contributed by atoms with van der Waals surface area (Å²) in [6.45, 7) is 3.09. The van der Waals surface area contributed by atoms with E-state index < -0.39 is 0 Å². The molecular weight excluding hydrogens is 260 g/mol. The normalized spacial score (nSPS) is 28.9. The van der Waals surface area contributed by atoms with Gasteiger partial charge in [-0.05, 0) is 64.3 Å². The predicted molar refractivity (Wildman–Crippen MR) is 83.0 cm³/mol. The lowest BCUT2D eigenvalue weighted by molar-refractivity contribution is 0.228. The molecule has 4 heteroatoms. The third-order valence-electron chi connectivity index (χ3n) is 5.11. The SMILES string of the molecule is CCCNC1(C#N)CCCC(n2cnc3c2CCCC3)C1. The molecule has 1 saturated carbocycles. The zero-order valence-corrected chi connectivity index (χ0v) is 13.1. The van der Waals surface area contributed by atoms with Crippen molar-refractivity contribution < 1.29 is 0 Å². The van der Waals surface area contributed by atoms with Crippen LogP contribution in [0.15, 0.2) is 6.33 Å². The number of nitriles is 1. The summed E-state index contributed by atoms with van der Waals surface area (Å²) in [6, 6.07) is 3.02. The third-order valence-corrected chi connectivity index (χ3v) is 5.11. The molecule has 0 saturated heterocycles. The van der Waals surface area contributed by atoms with Crippen LogP contribution in [0.5, 0.6) is 0 Å². The maximum absolute atomic E-state index is 9.68. The molecule has 0 bridgehead atoms. The van der Waals surface area contributed by atoms with Crippen LogP contribution in [0.1, 0.15) is 69.3 Å². The summed E-state index contributed by atoms with van der Waals surface area (Å²) in [6.07, 6.45) is 12.2. The maximum atomic E-state index is 9.68. The van der Waals surface area contributed by atoms with Gasteiger partial charge in [0.2, 0.25) is 0 Å². The highest BCUT2D eigenvalue weighted by atomic mass is 15.1. The summed E-state index contributed by atoms with van der Waals surface area (Å²) in [7, 11) is 0. The number of nitrogens with zero attached hydrogens (tertiary/aromatic N) is 3. The van der Waals surface area contributed by atoms with Crippen LogP contribution in [0.4, 0.5) is 0 Å². The Kier molecular flexibility index (Phi) is 4.30. The predicted octanol–water partition coefficient (Wildman–Crippen LogP) is 3.14. The molecule has 2 unspecified atom stereocenters. The van der Waals surface area contributed by atoms with Crippen molar-refractivity contribution in [2.24, 2.45) is 0 Å². The minimum Gasteiger partial charge on any atom is -0.331 e. The molecule has 1 aromatic rings. The summed E-state index contributed by atoms with van der Waals surface area (Å²) >= 11 is 0. The highest BCUT2D eigenvalue weighted by Crippen LogP contribution is 2.37. The van der Waals surface area contributed by atoms with Crippen LogP contribution in [0.25, 0.3) is 0 Å². The number of hydrogen-bond acceptors (Lipinski definition) is 3. The monoisotopic (exact) mass is 286 g/mol. The Morgan fingerprint density at radius 2 is 2.29 bits per heavy atom. The zero-order valence-electron chi connectivity index (χ0n) is 13.1. The van der Waals surface area contributed by atoms with E-state index in [2.05, 4.69) is 27.9 Å². The van der Waals surface area contributed by atoms with Gasteiger partial charge in [-0.2, -0.15) is 5.26 Å². The molecule has 3 rings (SSSR count). The smallest absolute Gasteiger partial charge is 0.108 e. The zero-order chi connectivity index (χ0) is 14.7. The lowest BCUT2D eigenvalue weighted by atomic mass is 9.79. The molecule has 1 aromatic heterocycles. The molecule has 0 spiro atoms. The van der Waals surface area contributed by atoms with Crippen LogP contribution < -0.4 is 5.32 Å². The van der Waals surface area contributed by atoms with Crippen molar-refractivity contribution in [1.29, 1.82) is 5.26 Å². The fraction of sp³-hybridized carbons (Fsp3) is 0.765. The van der Waals surface area contributed by atoms with E-state index in [-0.39, 0.29) is 5.54 Å². The molecule has 1 N–H and O–H groups in total. The highest BCUT2D eigenvalue weighted by Gasteiger charge is 2.37. The molecule has 0 radical (unpaired) electrons. The van der Waals surface area contributed by atoms with Crippen molar-refractivity contribution in [3.63, 3.8) is 0 Å². The molecule has 2 aliphatic carbocycles. The van der Waals surface area contributed by atoms with Gasteiger partial charge in [0.15, 0.2) is 0 Å². The van der Waals surface area contributed by atoms with Crippen LogP contribution in [-0.2, 0) is 12.8 Å². The number of nitrogens with one attached hydrogen (secondary N) is 1. The van der Waals surface area contributed by atoms with E-state index in [1.165, 1.54) is 30.7 Å². The number of rotatable bonds is 4. The second-order valence-electron chi connectivity index (χ2n) is 6.62. The molecule has 2 aliphatic rings. The molecule has 2 atom stereocenters. The van der Waals surface area contributed by atoms with E-state index in [0.717, 1.165) is 45.1 Å². The lowest BCUT2D eigenvalue weighted by Gasteiger charge is -2.37. The Morgan fingerprint density at radius 3 is 3.10 bits per heavy atom. The largest absolute Gasteiger partial charge is 0.331 e. The number of hydrogen-bond donors (Lipinski definition) is 1.